The first-order valence-corrected chi connectivity index (χ1v) is 13.0. The Kier molecular flexibility index (Phi) is 5.64. The summed E-state index contributed by atoms with van der Waals surface area (Å²) in [6.45, 7) is 0. The minimum absolute atomic E-state index is 0.203. The third-order valence-corrected chi connectivity index (χ3v) is 7.24. The molecule has 1 saturated carbocycles. The maximum Gasteiger partial charge on any atom is 0.224 e. The molecule has 2 aromatic heterocycles. The van der Waals surface area contributed by atoms with Gasteiger partial charge in [0.1, 0.15) is 10.8 Å². The Morgan fingerprint density at radius 2 is 1.64 bits per heavy atom. The first-order valence-electron chi connectivity index (χ1n) is 11.1. The monoisotopic (exact) mass is 462 g/mol. The van der Waals surface area contributed by atoms with E-state index in [-0.39, 0.29) is 17.2 Å². The normalized spacial score (nSPS) is 19.0. The summed E-state index contributed by atoms with van der Waals surface area (Å²) in [6.07, 6.45) is 5.84. The molecule has 1 fully saturated rings. The number of hydrogen-bond acceptors (Lipinski definition) is 6. The number of benzene rings is 2. The van der Waals surface area contributed by atoms with Gasteiger partial charge < -0.3 is 10.4 Å². The summed E-state index contributed by atoms with van der Waals surface area (Å²) in [5.41, 5.74) is 3.63. The second-order valence-electron chi connectivity index (χ2n) is 8.61. The van der Waals surface area contributed by atoms with Crippen molar-refractivity contribution in [3.63, 3.8) is 0 Å². The third kappa shape index (κ3) is 4.49. The first-order chi connectivity index (χ1) is 15.9. The fourth-order valence-corrected chi connectivity index (χ4v) is 5.11. The maximum absolute atomic E-state index is 12.3. The summed E-state index contributed by atoms with van der Waals surface area (Å²) in [6, 6.07) is 19.6. The number of anilines is 1. The molecule has 2 heterocycles. The molecule has 0 saturated heterocycles. The molecule has 3 aliphatic carbocycles. The van der Waals surface area contributed by atoms with E-state index < -0.39 is 9.84 Å². The van der Waals surface area contributed by atoms with E-state index in [1.807, 2.05) is 24.3 Å². The van der Waals surface area contributed by atoms with Crippen LogP contribution in [0.15, 0.2) is 71.9 Å². The molecular formula is C25H26N4O3S. The number of para-hydroxylation sites is 1. The van der Waals surface area contributed by atoms with Crippen LogP contribution < -0.4 is 5.32 Å². The lowest BCUT2D eigenvalue weighted by Gasteiger charge is -2.26. The van der Waals surface area contributed by atoms with Crippen LogP contribution in [0, 0.1) is 0 Å². The zero-order valence-corrected chi connectivity index (χ0v) is 19.2. The van der Waals surface area contributed by atoms with Crippen LogP contribution in [0.4, 0.5) is 5.95 Å². The van der Waals surface area contributed by atoms with Gasteiger partial charge in [0.15, 0.2) is 9.84 Å². The molecule has 0 radical (unpaired) electrons. The topological polar surface area (TPSA) is 97.1 Å². The molecular weight excluding hydrogens is 436 g/mol. The highest BCUT2D eigenvalue weighted by molar-refractivity contribution is 7.90. The predicted molar refractivity (Wildman–Crippen MR) is 129 cm³/mol. The summed E-state index contributed by atoms with van der Waals surface area (Å²) < 4.78 is 26.3. The number of rotatable bonds is 4. The smallest absolute Gasteiger partial charge is 0.224 e. The van der Waals surface area contributed by atoms with Crippen molar-refractivity contribution in [3.05, 3.63) is 66.9 Å². The van der Waals surface area contributed by atoms with Crippen LogP contribution in [0.5, 0.6) is 0 Å². The highest BCUT2D eigenvalue weighted by Crippen LogP contribution is 2.29. The Morgan fingerprint density at radius 3 is 2.24 bits per heavy atom. The zero-order valence-electron chi connectivity index (χ0n) is 18.3. The van der Waals surface area contributed by atoms with Crippen molar-refractivity contribution < 1.29 is 13.5 Å². The number of aliphatic hydroxyl groups is 1. The maximum atomic E-state index is 12.3. The van der Waals surface area contributed by atoms with Gasteiger partial charge in [0, 0.05) is 23.9 Å². The molecule has 0 unspecified atom stereocenters. The van der Waals surface area contributed by atoms with Crippen molar-refractivity contribution in [2.75, 3.05) is 11.6 Å². The highest BCUT2D eigenvalue weighted by atomic mass is 32.2. The van der Waals surface area contributed by atoms with E-state index >= 15 is 0 Å². The summed E-state index contributed by atoms with van der Waals surface area (Å²) in [4.78, 5) is 8.85. The number of fused-ring (bicyclic) bond motifs is 2. The molecule has 0 aliphatic heterocycles. The van der Waals surface area contributed by atoms with Crippen molar-refractivity contribution in [2.24, 2.45) is 0 Å². The van der Waals surface area contributed by atoms with Gasteiger partial charge in [-0.25, -0.2) is 13.4 Å². The summed E-state index contributed by atoms with van der Waals surface area (Å²) in [5, 5.41) is 14.0. The average Bonchev–Trinajstić information content (AvgIpc) is 3.19. The van der Waals surface area contributed by atoms with E-state index in [0.717, 1.165) is 36.6 Å². The van der Waals surface area contributed by atoms with Gasteiger partial charge in [-0.15, -0.1) is 0 Å². The van der Waals surface area contributed by atoms with Gasteiger partial charge in [0.05, 0.1) is 11.6 Å². The Labute approximate surface area is 193 Å². The molecule has 0 atom stereocenters. The Morgan fingerprint density at radius 1 is 0.970 bits per heavy atom. The first kappa shape index (κ1) is 21.6. The molecule has 8 heteroatoms. The van der Waals surface area contributed by atoms with Crippen LogP contribution in [0.2, 0.25) is 0 Å². The van der Waals surface area contributed by atoms with Crippen LogP contribution >= 0.6 is 0 Å². The minimum atomic E-state index is -3.44. The number of sulfone groups is 1. The van der Waals surface area contributed by atoms with Crippen molar-refractivity contribution in [1.82, 2.24) is 14.5 Å². The number of nitrogens with zero attached hydrogens (tertiary/aromatic N) is 3. The Bertz CT molecular complexity index is 1370. The SMILES string of the molecule is CS(=O)(=O)c1cc2ccccc2n1-c1ccnc(NC2CCC(O)CC2)n1.c1cc2ccc1-2. The van der Waals surface area contributed by atoms with Gasteiger partial charge in [-0.05, 0) is 55.0 Å². The largest absolute Gasteiger partial charge is 0.393 e. The number of aliphatic hydroxyl groups excluding tert-OH is 1. The lowest BCUT2D eigenvalue weighted by molar-refractivity contribution is 0.126. The fourth-order valence-electron chi connectivity index (χ4n) is 4.25. The molecule has 33 heavy (non-hydrogen) atoms. The van der Waals surface area contributed by atoms with Gasteiger partial charge >= 0.3 is 0 Å². The van der Waals surface area contributed by atoms with Crippen molar-refractivity contribution in [3.8, 4) is 16.9 Å². The van der Waals surface area contributed by atoms with Crippen LogP contribution in [0.1, 0.15) is 25.7 Å². The molecule has 3 aromatic rings. The van der Waals surface area contributed by atoms with Crippen LogP contribution in [-0.2, 0) is 9.84 Å². The van der Waals surface area contributed by atoms with Crippen LogP contribution in [-0.4, -0.2) is 46.5 Å². The van der Waals surface area contributed by atoms with E-state index in [4.69, 9.17) is 0 Å². The van der Waals surface area contributed by atoms with Crippen LogP contribution in [0.25, 0.3) is 27.8 Å². The molecule has 0 bridgehead atoms. The van der Waals surface area contributed by atoms with Gasteiger partial charge in [0.25, 0.3) is 0 Å². The van der Waals surface area contributed by atoms with Crippen molar-refractivity contribution in [2.45, 2.75) is 42.9 Å². The van der Waals surface area contributed by atoms with Gasteiger partial charge in [-0.3, -0.25) is 4.57 Å². The van der Waals surface area contributed by atoms with Crippen molar-refractivity contribution >= 4 is 26.7 Å². The minimum Gasteiger partial charge on any atom is -0.393 e. The zero-order chi connectivity index (χ0) is 23.0. The summed E-state index contributed by atoms with van der Waals surface area (Å²) >= 11 is 0. The number of hydrogen-bond donors (Lipinski definition) is 2. The molecule has 2 N–H and O–H groups in total. The lowest BCUT2D eigenvalue weighted by Crippen LogP contribution is -2.29. The second kappa shape index (κ2) is 8.61. The van der Waals surface area contributed by atoms with E-state index in [0.29, 0.717) is 11.8 Å². The highest BCUT2D eigenvalue weighted by Gasteiger charge is 2.22. The summed E-state index contributed by atoms with van der Waals surface area (Å²) in [5.74, 6) is 0.969. The molecule has 1 aromatic carbocycles. The van der Waals surface area contributed by atoms with E-state index in [9.17, 15) is 13.5 Å². The predicted octanol–water partition coefficient (Wildman–Crippen LogP) is 4.21. The van der Waals surface area contributed by atoms with E-state index in [2.05, 4.69) is 39.6 Å². The third-order valence-electron chi connectivity index (χ3n) is 6.18. The summed E-state index contributed by atoms with van der Waals surface area (Å²) in [7, 11) is -3.44. The second-order valence-corrected chi connectivity index (χ2v) is 10.6. The fraction of sp³-hybridized carbons (Fsp3) is 0.280. The Hall–Kier alpha value is -3.23. The van der Waals surface area contributed by atoms with E-state index in [1.54, 1.807) is 22.9 Å². The molecule has 3 aliphatic rings. The Balaban J connectivity index is 0.000000324. The molecule has 0 amide bonds. The molecule has 170 valence electrons. The number of aromatic nitrogens is 3. The van der Waals surface area contributed by atoms with Gasteiger partial charge in [0.2, 0.25) is 5.95 Å². The van der Waals surface area contributed by atoms with Crippen molar-refractivity contribution in [1.29, 1.82) is 0 Å². The molecule has 6 rings (SSSR count). The standard InChI is InChI=1S/C19H22N4O3S.C6H4/c1-27(25,26)18-12-13-4-2-3-5-16(13)23(18)17-10-11-20-19(22-17)21-14-6-8-15(24)9-7-14;1-2-6-4-3-5(1)6/h2-5,10-12,14-15,24H,6-9H2,1H3,(H,20,21,22);1-4H. The van der Waals surface area contributed by atoms with E-state index in [1.165, 1.54) is 17.4 Å². The van der Waals surface area contributed by atoms with Gasteiger partial charge in [-0.1, -0.05) is 42.5 Å². The lowest BCUT2D eigenvalue weighted by atomic mass is 9.93. The average molecular weight is 463 g/mol. The van der Waals surface area contributed by atoms with Gasteiger partial charge in [-0.2, -0.15) is 4.98 Å². The number of nitrogens with one attached hydrogen (secondary N) is 1. The quantitative estimate of drug-likeness (QED) is 0.415. The molecule has 7 nitrogen and oxygen atoms in total. The van der Waals surface area contributed by atoms with Crippen LogP contribution in [0.3, 0.4) is 0 Å². The molecule has 0 spiro atoms.